The zero-order valence-corrected chi connectivity index (χ0v) is 9.68. The van der Waals surface area contributed by atoms with Gasteiger partial charge in [-0.3, -0.25) is 10.6 Å². The minimum absolute atomic E-state index is 0.0206. The van der Waals surface area contributed by atoms with E-state index in [1.165, 1.54) is 7.11 Å². The average Bonchev–Trinajstić information content (AvgIpc) is 2.29. The lowest BCUT2D eigenvalue weighted by molar-refractivity contribution is 0.126. The van der Waals surface area contributed by atoms with Crippen LogP contribution in [0.3, 0.4) is 0 Å². The van der Waals surface area contributed by atoms with Gasteiger partial charge < -0.3 is 10.5 Å². The molecule has 1 atom stereocenters. The number of nitrogens with one attached hydrogen (secondary N) is 2. The van der Waals surface area contributed by atoms with E-state index < -0.39 is 12.3 Å². The smallest absolute Gasteiger partial charge is 0.327 e. The van der Waals surface area contributed by atoms with Crippen LogP contribution in [0.1, 0.15) is 6.92 Å². The van der Waals surface area contributed by atoms with Crippen molar-refractivity contribution in [2.75, 3.05) is 12.4 Å². The Morgan fingerprint density at radius 1 is 1.59 bits per heavy atom. The van der Waals surface area contributed by atoms with Crippen molar-refractivity contribution in [3.63, 3.8) is 0 Å². The highest BCUT2D eigenvalue weighted by atomic mass is 16.5. The molecule has 1 aromatic rings. The van der Waals surface area contributed by atoms with Gasteiger partial charge in [-0.15, -0.1) is 0 Å². The van der Waals surface area contributed by atoms with Gasteiger partial charge in [0.05, 0.1) is 0 Å². The summed E-state index contributed by atoms with van der Waals surface area (Å²) >= 11 is 0. The Kier molecular flexibility index (Phi) is 4.89. The topological polar surface area (TPSA) is 102 Å². The number of ether oxygens (including phenoxy) is 1. The van der Waals surface area contributed by atoms with Crippen molar-refractivity contribution in [3.05, 3.63) is 24.4 Å². The second kappa shape index (κ2) is 6.44. The number of amides is 2. The third-order valence-corrected chi connectivity index (χ3v) is 1.81. The van der Waals surface area contributed by atoms with E-state index >= 15 is 0 Å². The summed E-state index contributed by atoms with van der Waals surface area (Å²) in [7, 11) is 1.50. The molecule has 7 heteroatoms. The van der Waals surface area contributed by atoms with Gasteiger partial charge in [-0.1, -0.05) is 6.07 Å². The molecule has 0 aliphatic rings. The molecule has 4 N–H and O–H groups in total. The molecular formula is C10H15N5O2. The summed E-state index contributed by atoms with van der Waals surface area (Å²) in [6, 6.07) is 4.66. The predicted octanol–water partition coefficient (Wildman–Crippen LogP) is 0.510. The van der Waals surface area contributed by atoms with Gasteiger partial charge in [0.15, 0.2) is 5.96 Å². The maximum absolute atomic E-state index is 11.4. The van der Waals surface area contributed by atoms with Crippen LogP contribution in [0.25, 0.3) is 0 Å². The molecule has 0 aliphatic carbocycles. The lowest BCUT2D eigenvalue weighted by Gasteiger charge is -2.08. The highest BCUT2D eigenvalue weighted by molar-refractivity contribution is 6.01. The number of pyridine rings is 1. The predicted molar refractivity (Wildman–Crippen MR) is 64.5 cm³/mol. The van der Waals surface area contributed by atoms with Crippen molar-refractivity contribution in [2.24, 2.45) is 10.7 Å². The summed E-state index contributed by atoms with van der Waals surface area (Å²) in [4.78, 5) is 19.2. The maximum Gasteiger partial charge on any atom is 0.327 e. The van der Waals surface area contributed by atoms with E-state index in [1.54, 1.807) is 31.3 Å². The van der Waals surface area contributed by atoms with Crippen LogP contribution in [0.15, 0.2) is 29.4 Å². The Bertz CT molecular complexity index is 393. The number of rotatable bonds is 3. The van der Waals surface area contributed by atoms with E-state index in [-0.39, 0.29) is 5.96 Å². The first kappa shape index (κ1) is 12.9. The first-order valence-electron chi connectivity index (χ1n) is 4.97. The number of hydrogen-bond donors (Lipinski definition) is 3. The fraction of sp³-hybridized carbons (Fsp3) is 0.300. The van der Waals surface area contributed by atoms with Crippen molar-refractivity contribution >= 4 is 17.8 Å². The van der Waals surface area contributed by atoms with E-state index in [4.69, 9.17) is 10.5 Å². The monoisotopic (exact) mass is 237 g/mol. The summed E-state index contributed by atoms with van der Waals surface area (Å²) in [5.41, 5.74) is 5.48. The lowest BCUT2D eigenvalue weighted by Crippen LogP contribution is -2.40. The van der Waals surface area contributed by atoms with Gasteiger partial charge in [0.25, 0.3) is 0 Å². The van der Waals surface area contributed by atoms with Gasteiger partial charge in [0.1, 0.15) is 12.0 Å². The summed E-state index contributed by atoms with van der Waals surface area (Å²) in [5.74, 6) is 0.408. The Labute approximate surface area is 99.1 Å². The third-order valence-electron chi connectivity index (χ3n) is 1.81. The Balaban J connectivity index is 2.48. The molecule has 0 saturated carbocycles. The van der Waals surface area contributed by atoms with Gasteiger partial charge in [-0.25, -0.2) is 14.8 Å². The number of aromatic nitrogens is 1. The SMILES string of the molecule is COC(C)/N=C(\N)NC(=O)Nc1ccccn1. The van der Waals surface area contributed by atoms with Crippen molar-refractivity contribution in [3.8, 4) is 0 Å². The van der Waals surface area contributed by atoms with Crippen molar-refractivity contribution in [2.45, 2.75) is 13.2 Å². The zero-order chi connectivity index (χ0) is 12.7. The highest BCUT2D eigenvalue weighted by Crippen LogP contribution is 1.98. The molecule has 0 aliphatic heterocycles. The molecule has 1 aromatic heterocycles. The molecule has 0 radical (unpaired) electrons. The van der Waals surface area contributed by atoms with Gasteiger partial charge in [0.2, 0.25) is 0 Å². The molecule has 0 aromatic carbocycles. The molecular weight excluding hydrogens is 222 g/mol. The third kappa shape index (κ3) is 4.94. The second-order valence-corrected chi connectivity index (χ2v) is 3.14. The molecule has 0 bridgehead atoms. The fourth-order valence-electron chi connectivity index (χ4n) is 0.981. The highest BCUT2D eigenvalue weighted by Gasteiger charge is 2.04. The zero-order valence-electron chi connectivity index (χ0n) is 9.68. The molecule has 1 unspecified atom stereocenters. The molecule has 2 amide bonds. The van der Waals surface area contributed by atoms with Gasteiger partial charge in [0, 0.05) is 13.3 Å². The molecule has 7 nitrogen and oxygen atoms in total. The Hall–Kier alpha value is -2.15. The molecule has 17 heavy (non-hydrogen) atoms. The van der Waals surface area contributed by atoms with Crippen LogP contribution in [-0.4, -0.2) is 30.3 Å². The number of guanidine groups is 1. The number of nitrogens with two attached hydrogens (primary N) is 1. The van der Waals surface area contributed by atoms with Crippen LogP contribution in [0.5, 0.6) is 0 Å². The van der Waals surface area contributed by atoms with Crippen LogP contribution >= 0.6 is 0 Å². The van der Waals surface area contributed by atoms with E-state index in [0.29, 0.717) is 5.82 Å². The van der Waals surface area contributed by atoms with Crippen molar-refractivity contribution in [1.82, 2.24) is 10.3 Å². The number of carbonyl (C=O) groups excluding carboxylic acids is 1. The van der Waals surface area contributed by atoms with Gasteiger partial charge >= 0.3 is 6.03 Å². The van der Waals surface area contributed by atoms with E-state index in [2.05, 4.69) is 20.6 Å². The van der Waals surface area contributed by atoms with Crippen LogP contribution in [-0.2, 0) is 4.74 Å². The number of nitrogens with zero attached hydrogens (tertiary/aromatic N) is 2. The molecule has 0 saturated heterocycles. The van der Waals surface area contributed by atoms with E-state index in [9.17, 15) is 4.79 Å². The van der Waals surface area contributed by atoms with E-state index in [1.807, 2.05) is 0 Å². The first-order valence-corrected chi connectivity index (χ1v) is 4.97. The minimum Gasteiger partial charge on any atom is -0.369 e. The summed E-state index contributed by atoms with van der Waals surface area (Å²) in [5, 5.41) is 4.85. The van der Waals surface area contributed by atoms with E-state index in [0.717, 1.165) is 0 Å². The Morgan fingerprint density at radius 2 is 2.35 bits per heavy atom. The first-order chi connectivity index (χ1) is 8.11. The normalized spacial score (nSPS) is 12.9. The van der Waals surface area contributed by atoms with Gasteiger partial charge in [-0.05, 0) is 19.1 Å². The van der Waals surface area contributed by atoms with Crippen LogP contribution in [0.4, 0.5) is 10.6 Å². The number of aliphatic imine (C=N–C) groups is 1. The molecule has 92 valence electrons. The quantitative estimate of drug-likeness (QED) is 0.526. The lowest BCUT2D eigenvalue weighted by atomic mass is 10.5. The van der Waals surface area contributed by atoms with Crippen LogP contribution < -0.4 is 16.4 Å². The largest absolute Gasteiger partial charge is 0.369 e. The van der Waals surface area contributed by atoms with Crippen molar-refractivity contribution < 1.29 is 9.53 Å². The minimum atomic E-state index is -0.506. The average molecular weight is 237 g/mol. The summed E-state index contributed by atoms with van der Waals surface area (Å²) in [6.45, 7) is 1.70. The summed E-state index contributed by atoms with van der Waals surface area (Å²) < 4.78 is 4.87. The molecule has 1 rings (SSSR count). The van der Waals surface area contributed by atoms with Crippen molar-refractivity contribution in [1.29, 1.82) is 0 Å². The van der Waals surface area contributed by atoms with Gasteiger partial charge in [-0.2, -0.15) is 0 Å². The Morgan fingerprint density at radius 3 is 2.94 bits per heavy atom. The summed E-state index contributed by atoms with van der Waals surface area (Å²) in [6.07, 6.45) is 1.16. The number of anilines is 1. The molecule has 1 heterocycles. The number of methoxy groups -OCH3 is 1. The molecule has 0 spiro atoms. The van der Waals surface area contributed by atoms with Crippen LogP contribution in [0, 0.1) is 0 Å². The molecule has 0 fully saturated rings. The maximum atomic E-state index is 11.4. The van der Waals surface area contributed by atoms with Crippen LogP contribution in [0.2, 0.25) is 0 Å². The standard InChI is InChI=1S/C10H15N5O2/c1-7(17-2)13-9(11)15-10(16)14-8-5-3-4-6-12-8/h3-7H,1-2H3,(H4,11,12,13,14,15,16). The number of urea groups is 1. The number of hydrogen-bond acceptors (Lipinski definition) is 4. The fourth-order valence-corrected chi connectivity index (χ4v) is 0.981. The second-order valence-electron chi connectivity index (χ2n) is 3.14. The number of carbonyl (C=O) groups is 1.